The Balaban J connectivity index is 2.28. The van der Waals surface area contributed by atoms with Crippen molar-refractivity contribution < 1.29 is 13.2 Å². The Morgan fingerprint density at radius 1 is 1.35 bits per heavy atom. The molecular formula is C14H18ClNO3S. The second-order valence-corrected chi connectivity index (χ2v) is 8.01. The first-order valence-corrected chi connectivity index (χ1v) is 8.94. The van der Waals surface area contributed by atoms with Crippen LogP contribution in [0.15, 0.2) is 29.2 Å². The molecule has 1 heterocycles. The molecule has 0 radical (unpaired) electrons. The minimum atomic E-state index is -3.91. The summed E-state index contributed by atoms with van der Waals surface area (Å²) in [4.78, 5) is 14.1. The number of hydrogen-bond acceptors (Lipinski definition) is 3. The first-order chi connectivity index (χ1) is 9.30. The van der Waals surface area contributed by atoms with Gasteiger partial charge >= 0.3 is 0 Å². The summed E-state index contributed by atoms with van der Waals surface area (Å²) in [6.07, 6.45) is 0.958. The molecule has 1 amide bonds. The summed E-state index contributed by atoms with van der Waals surface area (Å²) in [5, 5.41) is 0. The number of amides is 1. The van der Waals surface area contributed by atoms with Gasteiger partial charge in [-0.3, -0.25) is 4.79 Å². The lowest BCUT2D eigenvalue weighted by Gasteiger charge is -2.19. The van der Waals surface area contributed by atoms with Gasteiger partial charge in [0.25, 0.3) is 15.0 Å². The number of likely N-dealkylation sites (tertiary alicyclic amines) is 1. The smallest absolute Gasteiger partial charge is 0.262 e. The third-order valence-corrected chi connectivity index (χ3v) is 5.21. The van der Waals surface area contributed by atoms with E-state index >= 15 is 0 Å². The Bertz CT molecular complexity index is 613. The van der Waals surface area contributed by atoms with Crippen molar-refractivity contribution in [3.8, 4) is 0 Å². The number of carbonyl (C=O) groups is 1. The van der Waals surface area contributed by atoms with Crippen molar-refractivity contribution in [3.05, 3.63) is 29.8 Å². The molecular weight excluding hydrogens is 298 g/mol. The van der Waals surface area contributed by atoms with Crippen LogP contribution in [0.25, 0.3) is 0 Å². The van der Waals surface area contributed by atoms with E-state index in [2.05, 4.69) is 13.8 Å². The van der Waals surface area contributed by atoms with Gasteiger partial charge in [-0.05, 0) is 30.4 Å². The maximum atomic E-state index is 12.5. The second kappa shape index (κ2) is 5.74. The van der Waals surface area contributed by atoms with Crippen LogP contribution in [0.3, 0.4) is 0 Å². The third-order valence-electron chi connectivity index (χ3n) is 3.83. The largest absolute Gasteiger partial charge is 0.338 e. The van der Waals surface area contributed by atoms with E-state index in [4.69, 9.17) is 10.7 Å². The first kappa shape index (κ1) is 15.3. The molecule has 1 unspecified atom stereocenters. The number of hydrogen-bond donors (Lipinski definition) is 0. The summed E-state index contributed by atoms with van der Waals surface area (Å²) in [5.41, 5.74) is 0.159. The van der Waals surface area contributed by atoms with Crippen LogP contribution in [0.4, 0.5) is 0 Å². The van der Waals surface area contributed by atoms with Gasteiger partial charge in [0.15, 0.2) is 0 Å². The lowest BCUT2D eigenvalue weighted by molar-refractivity contribution is 0.0780. The van der Waals surface area contributed by atoms with Crippen LogP contribution in [-0.2, 0) is 9.05 Å². The van der Waals surface area contributed by atoms with E-state index in [1.807, 2.05) is 0 Å². The predicted molar refractivity (Wildman–Crippen MR) is 78.3 cm³/mol. The number of halogens is 1. The fraction of sp³-hybridized carbons (Fsp3) is 0.500. The lowest BCUT2D eigenvalue weighted by atomic mass is 9.95. The van der Waals surface area contributed by atoms with Gasteiger partial charge in [-0.1, -0.05) is 26.0 Å². The highest BCUT2D eigenvalue weighted by Crippen LogP contribution is 2.27. The van der Waals surface area contributed by atoms with E-state index in [1.54, 1.807) is 17.0 Å². The summed E-state index contributed by atoms with van der Waals surface area (Å²) in [7, 11) is 1.48. The van der Waals surface area contributed by atoms with Crippen molar-refractivity contribution in [3.63, 3.8) is 0 Å². The van der Waals surface area contributed by atoms with Gasteiger partial charge in [-0.2, -0.15) is 0 Å². The third kappa shape index (κ3) is 3.15. The van der Waals surface area contributed by atoms with E-state index < -0.39 is 9.05 Å². The molecule has 0 spiro atoms. The molecule has 1 atom stereocenters. The van der Waals surface area contributed by atoms with Crippen molar-refractivity contribution in [2.75, 3.05) is 13.1 Å². The van der Waals surface area contributed by atoms with Gasteiger partial charge in [0.05, 0.1) is 10.5 Å². The Kier molecular flexibility index (Phi) is 4.39. The highest BCUT2D eigenvalue weighted by Gasteiger charge is 2.31. The van der Waals surface area contributed by atoms with Crippen LogP contribution in [0.5, 0.6) is 0 Å². The normalized spacial score (nSPS) is 19.6. The number of benzene rings is 1. The summed E-state index contributed by atoms with van der Waals surface area (Å²) in [6, 6.07) is 6.09. The quantitative estimate of drug-likeness (QED) is 0.806. The Hall–Kier alpha value is -1.07. The minimum absolute atomic E-state index is 0.111. The van der Waals surface area contributed by atoms with Crippen molar-refractivity contribution in [2.45, 2.75) is 25.2 Å². The highest BCUT2D eigenvalue weighted by atomic mass is 35.7. The molecule has 20 heavy (non-hydrogen) atoms. The van der Waals surface area contributed by atoms with Gasteiger partial charge in [0.1, 0.15) is 0 Å². The van der Waals surface area contributed by atoms with E-state index in [9.17, 15) is 13.2 Å². The first-order valence-electron chi connectivity index (χ1n) is 6.63. The van der Waals surface area contributed by atoms with Crippen molar-refractivity contribution in [2.24, 2.45) is 11.8 Å². The summed E-state index contributed by atoms with van der Waals surface area (Å²) in [6.45, 7) is 5.61. The molecule has 1 fully saturated rings. The molecule has 0 aliphatic carbocycles. The SMILES string of the molecule is CC(C)C1CCN(C(=O)c2ccccc2S(=O)(=O)Cl)C1. The zero-order valence-electron chi connectivity index (χ0n) is 11.5. The van der Waals surface area contributed by atoms with Crippen LogP contribution in [0, 0.1) is 11.8 Å². The van der Waals surface area contributed by atoms with Crippen molar-refractivity contribution in [1.29, 1.82) is 0 Å². The maximum Gasteiger partial charge on any atom is 0.262 e. The molecule has 0 bridgehead atoms. The van der Waals surface area contributed by atoms with Crippen molar-refractivity contribution >= 4 is 25.6 Å². The van der Waals surface area contributed by atoms with Gasteiger partial charge in [-0.25, -0.2) is 8.42 Å². The molecule has 2 rings (SSSR count). The Morgan fingerprint density at radius 2 is 2.00 bits per heavy atom. The molecule has 0 aromatic heterocycles. The van der Waals surface area contributed by atoms with Gasteiger partial charge in [0.2, 0.25) is 0 Å². The van der Waals surface area contributed by atoms with Crippen molar-refractivity contribution in [1.82, 2.24) is 4.90 Å². The van der Waals surface area contributed by atoms with Crippen LogP contribution >= 0.6 is 10.7 Å². The van der Waals surface area contributed by atoms with E-state index in [0.717, 1.165) is 6.42 Å². The maximum absolute atomic E-state index is 12.5. The molecule has 1 aromatic carbocycles. The molecule has 1 saturated heterocycles. The van der Waals surface area contributed by atoms with Gasteiger partial charge < -0.3 is 4.90 Å². The fourth-order valence-corrected chi connectivity index (χ4v) is 3.61. The average Bonchev–Trinajstić information content (AvgIpc) is 2.86. The summed E-state index contributed by atoms with van der Waals surface area (Å²) >= 11 is 0. The average molecular weight is 316 g/mol. The molecule has 110 valence electrons. The molecule has 0 N–H and O–H groups in total. The predicted octanol–water partition coefficient (Wildman–Crippen LogP) is 2.73. The van der Waals surface area contributed by atoms with Crippen LogP contribution in [0.1, 0.15) is 30.6 Å². The summed E-state index contributed by atoms with van der Waals surface area (Å²) < 4.78 is 23.1. The van der Waals surface area contributed by atoms with E-state index in [-0.39, 0.29) is 16.4 Å². The van der Waals surface area contributed by atoms with Crippen LogP contribution in [0.2, 0.25) is 0 Å². The topological polar surface area (TPSA) is 54.5 Å². The van der Waals surface area contributed by atoms with Gasteiger partial charge in [0, 0.05) is 23.8 Å². The fourth-order valence-electron chi connectivity index (χ4n) is 2.54. The monoisotopic (exact) mass is 315 g/mol. The Morgan fingerprint density at radius 3 is 2.55 bits per heavy atom. The molecule has 4 nitrogen and oxygen atoms in total. The molecule has 0 saturated carbocycles. The standard InChI is InChI=1S/C14H18ClNO3S/c1-10(2)11-7-8-16(9-11)14(17)12-5-3-4-6-13(12)20(15,18)19/h3-6,10-11H,7-9H2,1-2H3. The second-order valence-electron chi connectivity index (χ2n) is 5.48. The van der Waals surface area contributed by atoms with Crippen LogP contribution < -0.4 is 0 Å². The van der Waals surface area contributed by atoms with E-state index in [0.29, 0.717) is 24.9 Å². The minimum Gasteiger partial charge on any atom is -0.338 e. The molecule has 1 aliphatic rings. The zero-order chi connectivity index (χ0) is 14.9. The number of nitrogens with zero attached hydrogens (tertiary/aromatic N) is 1. The molecule has 6 heteroatoms. The summed E-state index contributed by atoms with van der Waals surface area (Å²) in [5.74, 6) is 0.728. The zero-order valence-corrected chi connectivity index (χ0v) is 13.1. The lowest BCUT2D eigenvalue weighted by Crippen LogP contribution is -2.30. The molecule has 1 aromatic rings. The van der Waals surface area contributed by atoms with Crippen LogP contribution in [-0.4, -0.2) is 32.3 Å². The number of rotatable bonds is 3. The molecule has 1 aliphatic heterocycles. The van der Waals surface area contributed by atoms with E-state index in [1.165, 1.54) is 12.1 Å². The number of carbonyl (C=O) groups excluding carboxylic acids is 1. The highest BCUT2D eigenvalue weighted by molar-refractivity contribution is 8.13. The Labute approximate surface area is 124 Å². The van der Waals surface area contributed by atoms with Gasteiger partial charge in [-0.15, -0.1) is 0 Å².